The van der Waals surface area contributed by atoms with Crippen molar-refractivity contribution < 1.29 is 8.42 Å². The molecule has 1 aromatic heterocycles. The van der Waals surface area contributed by atoms with Gasteiger partial charge in [0.05, 0.1) is 4.90 Å². The molecule has 0 atom stereocenters. The van der Waals surface area contributed by atoms with Crippen molar-refractivity contribution in [1.82, 2.24) is 14.3 Å². The van der Waals surface area contributed by atoms with E-state index in [1.165, 1.54) is 36.3 Å². The molecule has 1 aliphatic carbocycles. The molecule has 0 bridgehead atoms. The summed E-state index contributed by atoms with van der Waals surface area (Å²) in [6.45, 7) is 4.53. The minimum Gasteiger partial charge on any atom is -0.393 e. The summed E-state index contributed by atoms with van der Waals surface area (Å²) in [5.41, 5.74) is 7.48. The van der Waals surface area contributed by atoms with Crippen LogP contribution >= 0.6 is 0 Å². The SMILES string of the molecule is CCN(CC)S(=O)(=O)c1ccc(Nc2ncnc(NC3CCCCCC3)c2N)cc1. The molecule has 0 amide bonds. The molecule has 0 aliphatic heterocycles. The number of nitrogens with zero attached hydrogens (tertiary/aromatic N) is 3. The Balaban J connectivity index is 1.73. The Morgan fingerprint density at radius 1 is 1.00 bits per heavy atom. The third kappa shape index (κ3) is 5.20. The van der Waals surface area contributed by atoms with Crippen LogP contribution in [-0.2, 0) is 10.0 Å². The van der Waals surface area contributed by atoms with Gasteiger partial charge in [-0.3, -0.25) is 0 Å². The maximum Gasteiger partial charge on any atom is 0.243 e. The molecule has 9 heteroatoms. The molecule has 3 rings (SSSR count). The summed E-state index contributed by atoms with van der Waals surface area (Å²) >= 11 is 0. The second kappa shape index (κ2) is 10.1. The maximum atomic E-state index is 12.6. The number of sulfonamides is 1. The molecular weight excluding hydrogens is 400 g/mol. The third-order valence-corrected chi connectivity index (χ3v) is 7.60. The summed E-state index contributed by atoms with van der Waals surface area (Å²) in [6, 6.07) is 7.00. The molecule has 0 spiro atoms. The second-order valence-electron chi connectivity index (χ2n) is 7.56. The van der Waals surface area contributed by atoms with Crippen molar-refractivity contribution in [2.24, 2.45) is 0 Å². The van der Waals surface area contributed by atoms with E-state index in [0.717, 1.165) is 12.8 Å². The molecule has 2 aromatic rings. The van der Waals surface area contributed by atoms with Crippen LogP contribution in [-0.4, -0.2) is 41.8 Å². The topological polar surface area (TPSA) is 113 Å². The number of nitrogen functional groups attached to an aromatic ring is 1. The first-order chi connectivity index (χ1) is 14.5. The summed E-state index contributed by atoms with van der Waals surface area (Å²) in [4.78, 5) is 8.84. The van der Waals surface area contributed by atoms with Gasteiger partial charge in [0.2, 0.25) is 10.0 Å². The van der Waals surface area contributed by atoms with Crippen LogP contribution in [0.5, 0.6) is 0 Å². The first kappa shape index (κ1) is 22.3. The maximum absolute atomic E-state index is 12.6. The van der Waals surface area contributed by atoms with E-state index in [0.29, 0.717) is 42.1 Å². The summed E-state index contributed by atoms with van der Waals surface area (Å²) in [5.74, 6) is 1.14. The van der Waals surface area contributed by atoms with E-state index in [4.69, 9.17) is 5.73 Å². The zero-order chi connectivity index (χ0) is 21.6. The largest absolute Gasteiger partial charge is 0.393 e. The lowest BCUT2D eigenvalue weighted by Crippen LogP contribution is -2.30. The van der Waals surface area contributed by atoms with E-state index in [9.17, 15) is 8.42 Å². The fraction of sp³-hybridized carbons (Fsp3) is 0.524. The number of nitrogens with two attached hydrogens (primary N) is 1. The standard InChI is InChI=1S/C21H32N6O2S/c1-3-27(4-2)30(28,29)18-13-11-17(12-14-18)26-21-19(22)20(23-15-24-21)25-16-9-7-5-6-8-10-16/h11-16H,3-10,22H2,1-2H3,(H2,23,24,25,26). The van der Waals surface area contributed by atoms with Crippen LogP contribution in [0, 0.1) is 0 Å². The molecule has 1 fully saturated rings. The average molecular weight is 433 g/mol. The van der Waals surface area contributed by atoms with Crippen LogP contribution in [0.2, 0.25) is 0 Å². The molecule has 8 nitrogen and oxygen atoms in total. The first-order valence-corrected chi connectivity index (χ1v) is 12.1. The Kier molecular flexibility index (Phi) is 7.49. The van der Waals surface area contributed by atoms with Gasteiger partial charge in [-0.2, -0.15) is 4.31 Å². The van der Waals surface area contributed by atoms with Gasteiger partial charge in [-0.1, -0.05) is 39.5 Å². The predicted octanol–water partition coefficient (Wildman–Crippen LogP) is 3.97. The zero-order valence-electron chi connectivity index (χ0n) is 17.8. The van der Waals surface area contributed by atoms with E-state index in [-0.39, 0.29) is 4.90 Å². The Morgan fingerprint density at radius 2 is 1.60 bits per heavy atom. The molecular formula is C21H32N6O2S. The molecule has 1 aromatic carbocycles. The van der Waals surface area contributed by atoms with Crippen LogP contribution in [0.25, 0.3) is 0 Å². The fourth-order valence-corrected chi connectivity index (χ4v) is 5.24. The van der Waals surface area contributed by atoms with Crippen molar-refractivity contribution in [3.8, 4) is 0 Å². The van der Waals surface area contributed by atoms with Gasteiger partial charge in [0, 0.05) is 24.8 Å². The van der Waals surface area contributed by atoms with Crippen LogP contribution in [0.3, 0.4) is 0 Å². The van der Waals surface area contributed by atoms with Crippen LogP contribution in [0.1, 0.15) is 52.4 Å². The van der Waals surface area contributed by atoms with E-state index < -0.39 is 10.0 Å². The number of hydrogen-bond donors (Lipinski definition) is 3. The highest BCUT2D eigenvalue weighted by atomic mass is 32.2. The molecule has 30 heavy (non-hydrogen) atoms. The summed E-state index contributed by atoms with van der Waals surface area (Å²) < 4.78 is 26.7. The number of nitrogens with one attached hydrogen (secondary N) is 2. The van der Waals surface area contributed by atoms with Gasteiger partial charge in [0.1, 0.15) is 12.0 Å². The van der Waals surface area contributed by atoms with Crippen LogP contribution in [0.15, 0.2) is 35.5 Å². The fourth-order valence-electron chi connectivity index (χ4n) is 3.79. The summed E-state index contributed by atoms with van der Waals surface area (Å²) in [5, 5.41) is 6.64. The molecule has 1 aliphatic rings. The smallest absolute Gasteiger partial charge is 0.243 e. The van der Waals surface area contributed by atoms with E-state index in [1.54, 1.807) is 24.3 Å². The molecule has 0 saturated heterocycles. The van der Waals surface area contributed by atoms with E-state index in [1.807, 2.05) is 13.8 Å². The van der Waals surface area contributed by atoms with E-state index in [2.05, 4.69) is 20.6 Å². The van der Waals surface area contributed by atoms with Crippen molar-refractivity contribution in [2.45, 2.75) is 63.3 Å². The molecule has 0 radical (unpaired) electrons. The second-order valence-corrected chi connectivity index (χ2v) is 9.49. The quantitative estimate of drug-likeness (QED) is 0.541. The van der Waals surface area contributed by atoms with Crippen molar-refractivity contribution in [2.75, 3.05) is 29.5 Å². The normalized spacial score (nSPS) is 15.7. The number of rotatable bonds is 8. The minimum absolute atomic E-state index is 0.267. The zero-order valence-corrected chi connectivity index (χ0v) is 18.6. The predicted molar refractivity (Wildman–Crippen MR) is 121 cm³/mol. The van der Waals surface area contributed by atoms with Gasteiger partial charge < -0.3 is 16.4 Å². The lowest BCUT2D eigenvalue weighted by Gasteiger charge is -2.19. The summed E-state index contributed by atoms with van der Waals surface area (Å²) in [6.07, 6.45) is 8.72. The van der Waals surface area contributed by atoms with Crippen molar-refractivity contribution in [3.05, 3.63) is 30.6 Å². The van der Waals surface area contributed by atoms with Gasteiger partial charge in [0.15, 0.2) is 11.6 Å². The van der Waals surface area contributed by atoms with Gasteiger partial charge in [-0.15, -0.1) is 0 Å². The molecule has 0 unspecified atom stereocenters. The highest BCUT2D eigenvalue weighted by Crippen LogP contribution is 2.29. The average Bonchev–Trinajstić information content (AvgIpc) is 3.01. The van der Waals surface area contributed by atoms with Crippen molar-refractivity contribution in [3.63, 3.8) is 0 Å². The monoisotopic (exact) mass is 432 g/mol. The minimum atomic E-state index is -3.48. The first-order valence-electron chi connectivity index (χ1n) is 10.7. The number of benzene rings is 1. The number of hydrogen-bond acceptors (Lipinski definition) is 7. The Bertz CT molecular complexity index is 921. The third-order valence-electron chi connectivity index (χ3n) is 5.54. The lowest BCUT2D eigenvalue weighted by molar-refractivity contribution is 0.445. The van der Waals surface area contributed by atoms with Gasteiger partial charge >= 0.3 is 0 Å². The Morgan fingerprint density at radius 3 is 2.20 bits per heavy atom. The van der Waals surface area contributed by atoms with Gasteiger partial charge in [-0.25, -0.2) is 18.4 Å². The molecule has 164 valence electrons. The number of anilines is 4. The van der Waals surface area contributed by atoms with Crippen molar-refractivity contribution in [1.29, 1.82) is 0 Å². The summed E-state index contributed by atoms with van der Waals surface area (Å²) in [7, 11) is -3.48. The molecule has 1 saturated carbocycles. The Hall–Kier alpha value is -2.39. The number of aromatic nitrogens is 2. The lowest BCUT2D eigenvalue weighted by atomic mass is 10.1. The highest BCUT2D eigenvalue weighted by molar-refractivity contribution is 7.89. The van der Waals surface area contributed by atoms with Crippen LogP contribution in [0.4, 0.5) is 23.0 Å². The van der Waals surface area contributed by atoms with Crippen molar-refractivity contribution >= 4 is 33.0 Å². The molecule has 1 heterocycles. The van der Waals surface area contributed by atoms with E-state index >= 15 is 0 Å². The van der Waals surface area contributed by atoms with Crippen LogP contribution < -0.4 is 16.4 Å². The Labute approximate surface area is 179 Å². The highest BCUT2D eigenvalue weighted by Gasteiger charge is 2.21. The molecule has 4 N–H and O–H groups in total. The van der Waals surface area contributed by atoms with Gasteiger partial charge in [-0.05, 0) is 37.1 Å². The van der Waals surface area contributed by atoms with Gasteiger partial charge in [0.25, 0.3) is 0 Å².